The third-order valence-corrected chi connectivity index (χ3v) is 4.33. The standard InChI is InChI=1S/C14H23N3O2/c1-16-8-11(7-15-16)4-5-13(18)14-9-17-6-2-3-12(17)10-19-14/h7-8,12-14,18H,2-6,9-10H2,1H3. The van der Waals surface area contributed by atoms with Crippen LogP contribution >= 0.6 is 0 Å². The van der Waals surface area contributed by atoms with Gasteiger partial charge in [-0.25, -0.2) is 0 Å². The molecule has 3 unspecified atom stereocenters. The fourth-order valence-corrected chi connectivity index (χ4v) is 3.18. The molecule has 3 atom stereocenters. The second-order valence-electron chi connectivity index (χ2n) is 5.79. The topological polar surface area (TPSA) is 50.5 Å². The molecule has 2 fully saturated rings. The number of morpholine rings is 1. The van der Waals surface area contributed by atoms with Crippen LogP contribution in [0.5, 0.6) is 0 Å². The summed E-state index contributed by atoms with van der Waals surface area (Å²) in [5, 5.41) is 14.4. The highest BCUT2D eigenvalue weighted by Crippen LogP contribution is 2.24. The van der Waals surface area contributed by atoms with Crippen molar-refractivity contribution in [2.75, 3.05) is 19.7 Å². The molecule has 19 heavy (non-hydrogen) atoms. The number of fused-ring (bicyclic) bond motifs is 1. The minimum Gasteiger partial charge on any atom is -0.390 e. The normalized spacial score (nSPS) is 29.4. The Bertz CT molecular complexity index is 421. The lowest BCUT2D eigenvalue weighted by Gasteiger charge is -2.37. The zero-order valence-corrected chi connectivity index (χ0v) is 11.5. The predicted molar refractivity (Wildman–Crippen MR) is 71.9 cm³/mol. The molecule has 0 bridgehead atoms. The first-order valence-corrected chi connectivity index (χ1v) is 7.23. The Labute approximate surface area is 114 Å². The van der Waals surface area contributed by atoms with Crippen molar-refractivity contribution >= 4 is 0 Å². The summed E-state index contributed by atoms with van der Waals surface area (Å²) in [6.45, 7) is 2.84. The molecular weight excluding hydrogens is 242 g/mol. The van der Waals surface area contributed by atoms with E-state index in [0.29, 0.717) is 6.04 Å². The average molecular weight is 265 g/mol. The molecule has 2 aliphatic heterocycles. The van der Waals surface area contributed by atoms with Crippen LogP contribution in [0.15, 0.2) is 12.4 Å². The molecule has 5 heteroatoms. The summed E-state index contributed by atoms with van der Waals surface area (Å²) in [6, 6.07) is 0.599. The SMILES string of the molecule is Cn1cc(CCC(O)C2CN3CCCC3CO2)cn1. The number of aromatic nitrogens is 2. The van der Waals surface area contributed by atoms with Gasteiger partial charge < -0.3 is 9.84 Å². The van der Waals surface area contributed by atoms with Crippen molar-refractivity contribution in [2.45, 2.75) is 43.9 Å². The third kappa shape index (κ3) is 2.99. The van der Waals surface area contributed by atoms with Gasteiger partial charge in [0.05, 0.1) is 25.0 Å². The van der Waals surface area contributed by atoms with Gasteiger partial charge in [0.1, 0.15) is 0 Å². The van der Waals surface area contributed by atoms with Crippen LogP contribution in [0.3, 0.4) is 0 Å². The Morgan fingerprint density at radius 3 is 3.26 bits per heavy atom. The van der Waals surface area contributed by atoms with Crippen LogP contribution in [0.4, 0.5) is 0 Å². The van der Waals surface area contributed by atoms with Crippen LogP contribution in [0.1, 0.15) is 24.8 Å². The summed E-state index contributed by atoms with van der Waals surface area (Å²) in [5.74, 6) is 0. The Hall–Kier alpha value is -0.910. The van der Waals surface area contributed by atoms with Gasteiger partial charge in [-0.15, -0.1) is 0 Å². The van der Waals surface area contributed by atoms with E-state index >= 15 is 0 Å². The maximum Gasteiger partial charge on any atom is 0.0961 e. The van der Waals surface area contributed by atoms with Crippen LogP contribution < -0.4 is 0 Å². The molecule has 0 aliphatic carbocycles. The zero-order valence-electron chi connectivity index (χ0n) is 11.5. The lowest BCUT2D eigenvalue weighted by atomic mass is 10.0. The molecule has 1 aromatic rings. The number of aryl methyl sites for hydroxylation is 2. The second kappa shape index (κ2) is 5.61. The van der Waals surface area contributed by atoms with Crippen LogP contribution in [0, 0.1) is 0 Å². The molecule has 2 aliphatic rings. The van der Waals surface area contributed by atoms with Crippen LogP contribution in [-0.4, -0.2) is 57.7 Å². The Balaban J connectivity index is 1.48. The smallest absolute Gasteiger partial charge is 0.0961 e. The van der Waals surface area contributed by atoms with Crippen LogP contribution in [0.25, 0.3) is 0 Å². The molecule has 0 spiro atoms. The van der Waals surface area contributed by atoms with Gasteiger partial charge in [-0.3, -0.25) is 9.58 Å². The first-order valence-electron chi connectivity index (χ1n) is 7.23. The lowest BCUT2D eigenvalue weighted by molar-refractivity contribution is -0.103. The monoisotopic (exact) mass is 265 g/mol. The van der Waals surface area contributed by atoms with Gasteiger partial charge in [-0.2, -0.15) is 5.10 Å². The summed E-state index contributed by atoms with van der Waals surface area (Å²) in [4.78, 5) is 2.47. The number of aliphatic hydroxyl groups is 1. The highest BCUT2D eigenvalue weighted by molar-refractivity contribution is 5.04. The van der Waals surface area contributed by atoms with Gasteiger partial charge >= 0.3 is 0 Å². The lowest BCUT2D eigenvalue weighted by Crippen LogP contribution is -2.50. The van der Waals surface area contributed by atoms with E-state index in [1.807, 2.05) is 19.4 Å². The van der Waals surface area contributed by atoms with Gasteiger partial charge in [0.15, 0.2) is 0 Å². The first-order chi connectivity index (χ1) is 9.22. The molecule has 106 valence electrons. The summed E-state index contributed by atoms with van der Waals surface area (Å²) < 4.78 is 7.63. The molecule has 3 heterocycles. The van der Waals surface area contributed by atoms with Gasteiger partial charge in [0.2, 0.25) is 0 Å². The fourth-order valence-electron chi connectivity index (χ4n) is 3.18. The van der Waals surface area contributed by atoms with E-state index in [1.54, 1.807) is 4.68 Å². The van der Waals surface area contributed by atoms with E-state index in [9.17, 15) is 5.11 Å². The molecule has 1 N–H and O–H groups in total. The van der Waals surface area contributed by atoms with E-state index in [0.717, 1.165) is 26.0 Å². The molecule has 0 saturated carbocycles. The summed E-state index contributed by atoms with van der Waals surface area (Å²) in [6.07, 6.45) is 7.60. The summed E-state index contributed by atoms with van der Waals surface area (Å²) >= 11 is 0. The van der Waals surface area contributed by atoms with Gasteiger partial charge in [0.25, 0.3) is 0 Å². The highest BCUT2D eigenvalue weighted by atomic mass is 16.5. The van der Waals surface area contributed by atoms with Crippen molar-refractivity contribution in [3.63, 3.8) is 0 Å². The van der Waals surface area contributed by atoms with Crippen molar-refractivity contribution < 1.29 is 9.84 Å². The Morgan fingerprint density at radius 2 is 2.47 bits per heavy atom. The number of aliphatic hydroxyl groups excluding tert-OH is 1. The van der Waals surface area contributed by atoms with E-state index in [-0.39, 0.29) is 12.2 Å². The molecular formula is C14H23N3O2. The molecule has 0 radical (unpaired) electrons. The molecule has 2 saturated heterocycles. The van der Waals surface area contributed by atoms with E-state index in [4.69, 9.17) is 4.74 Å². The quantitative estimate of drug-likeness (QED) is 0.865. The maximum absolute atomic E-state index is 10.3. The van der Waals surface area contributed by atoms with Crippen molar-refractivity contribution in [2.24, 2.45) is 7.05 Å². The molecule has 0 aromatic carbocycles. The van der Waals surface area contributed by atoms with E-state index < -0.39 is 0 Å². The average Bonchev–Trinajstić information content (AvgIpc) is 3.03. The first kappa shape index (κ1) is 13.1. The van der Waals surface area contributed by atoms with Gasteiger partial charge in [0, 0.05) is 25.8 Å². The minimum atomic E-state index is -0.373. The van der Waals surface area contributed by atoms with Gasteiger partial charge in [-0.1, -0.05) is 0 Å². The van der Waals surface area contributed by atoms with E-state index in [1.165, 1.54) is 24.9 Å². The number of rotatable bonds is 4. The number of ether oxygens (including phenoxy) is 1. The summed E-state index contributed by atoms with van der Waals surface area (Å²) in [5.41, 5.74) is 1.18. The number of nitrogens with zero attached hydrogens (tertiary/aromatic N) is 3. The molecule has 3 rings (SSSR count). The van der Waals surface area contributed by atoms with Crippen molar-refractivity contribution in [1.29, 1.82) is 0 Å². The molecule has 1 aromatic heterocycles. The molecule has 0 amide bonds. The third-order valence-electron chi connectivity index (χ3n) is 4.33. The predicted octanol–water partition coefficient (Wildman–Crippen LogP) is 0.577. The van der Waals surface area contributed by atoms with Crippen LogP contribution in [-0.2, 0) is 18.2 Å². The van der Waals surface area contributed by atoms with Crippen molar-refractivity contribution in [1.82, 2.24) is 14.7 Å². The second-order valence-corrected chi connectivity index (χ2v) is 5.79. The number of hydrogen-bond donors (Lipinski definition) is 1. The zero-order chi connectivity index (χ0) is 13.2. The van der Waals surface area contributed by atoms with Gasteiger partial charge in [-0.05, 0) is 37.8 Å². The summed E-state index contributed by atoms with van der Waals surface area (Å²) in [7, 11) is 1.91. The Morgan fingerprint density at radius 1 is 1.58 bits per heavy atom. The fraction of sp³-hybridized carbons (Fsp3) is 0.786. The van der Waals surface area contributed by atoms with Crippen molar-refractivity contribution in [3.8, 4) is 0 Å². The maximum atomic E-state index is 10.3. The number of hydrogen-bond acceptors (Lipinski definition) is 4. The van der Waals surface area contributed by atoms with E-state index in [2.05, 4.69) is 10.00 Å². The Kier molecular flexibility index (Phi) is 3.86. The largest absolute Gasteiger partial charge is 0.390 e. The van der Waals surface area contributed by atoms with Crippen LogP contribution in [0.2, 0.25) is 0 Å². The highest BCUT2D eigenvalue weighted by Gasteiger charge is 2.34. The molecule has 5 nitrogen and oxygen atoms in total. The minimum absolute atomic E-state index is 0.0222. The van der Waals surface area contributed by atoms with Crippen molar-refractivity contribution in [3.05, 3.63) is 18.0 Å².